The van der Waals surface area contributed by atoms with Crippen molar-refractivity contribution in [1.29, 1.82) is 0 Å². The molecule has 0 spiro atoms. The Bertz CT molecular complexity index is 553. The fraction of sp³-hybridized carbons (Fsp3) is 0.333. The number of aliphatic hydroxyl groups excluding tert-OH is 1. The Balaban J connectivity index is 1.68. The first-order chi connectivity index (χ1) is 9.36. The molecule has 1 aromatic carbocycles. The number of thioether (sulfide) groups is 1. The molecule has 3 nitrogen and oxygen atoms in total. The lowest BCUT2D eigenvalue weighted by Gasteiger charge is -2.25. The van der Waals surface area contributed by atoms with Crippen LogP contribution in [-0.4, -0.2) is 10.9 Å². The molecular weight excluding hydrogens is 258 g/mol. The maximum absolute atomic E-state index is 8.98. The van der Waals surface area contributed by atoms with E-state index >= 15 is 0 Å². The standard InChI is InChI=1S/C15H17NO2S/c17-10-12-6-5-11(18-12)9-16-14-7-8-19-15-4-2-1-3-13(14)15/h1-6,14,16-17H,7-10H2. The predicted octanol–water partition coefficient (Wildman–Crippen LogP) is 3.10. The lowest BCUT2D eigenvalue weighted by molar-refractivity contribution is 0.242. The van der Waals surface area contributed by atoms with Gasteiger partial charge >= 0.3 is 0 Å². The van der Waals surface area contributed by atoms with E-state index in [0.717, 1.165) is 17.9 Å². The molecule has 0 radical (unpaired) electrons. The van der Waals surface area contributed by atoms with Crippen molar-refractivity contribution in [3.63, 3.8) is 0 Å². The molecule has 1 unspecified atom stereocenters. The number of hydrogen-bond acceptors (Lipinski definition) is 4. The summed E-state index contributed by atoms with van der Waals surface area (Å²) in [6.45, 7) is 0.659. The summed E-state index contributed by atoms with van der Waals surface area (Å²) >= 11 is 1.93. The lowest BCUT2D eigenvalue weighted by Crippen LogP contribution is -2.23. The van der Waals surface area contributed by atoms with Crippen molar-refractivity contribution >= 4 is 11.8 Å². The molecule has 4 heteroatoms. The first-order valence-corrected chi connectivity index (χ1v) is 7.49. The zero-order valence-corrected chi connectivity index (χ0v) is 11.5. The number of rotatable bonds is 4. The molecule has 100 valence electrons. The van der Waals surface area contributed by atoms with Gasteiger partial charge in [0.25, 0.3) is 0 Å². The Labute approximate surface area is 117 Å². The SMILES string of the molecule is OCc1ccc(CNC2CCSc3ccccc32)o1. The van der Waals surface area contributed by atoms with Gasteiger partial charge in [-0.25, -0.2) is 0 Å². The molecule has 0 saturated carbocycles. The molecular formula is C15H17NO2S. The summed E-state index contributed by atoms with van der Waals surface area (Å²) in [6, 6.07) is 12.7. The van der Waals surface area contributed by atoms with E-state index in [0.29, 0.717) is 18.3 Å². The van der Waals surface area contributed by atoms with Gasteiger partial charge in [0, 0.05) is 10.9 Å². The minimum Gasteiger partial charge on any atom is -0.462 e. The second-order valence-corrected chi connectivity index (χ2v) is 5.77. The highest BCUT2D eigenvalue weighted by atomic mass is 32.2. The Kier molecular flexibility index (Phi) is 3.92. The second-order valence-electron chi connectivity index (χ2n) is 4.63. The third-order valence-corrected chi connectivity index (χ3v) is 4.48. The Hall–Kier alpha value is -1.23. The van der Waals surface area contributed by atoms with Gasteiger partial charge in [-0.3, -0.25) is 0 Å². The number of benzene rings is 1. The molecule has 0 aliphatic carbocycles. The van der Waals surface area contributed by atoms with Crippen molar-refractivity contribution in [2.45, 2.75) is 30.5 Å². The number of aliphatic hydroxyl groups is 1. The van der Waals surface area contributed by atoms with Gasteiger partial charge in [-0.1, -0.05) is 18.2 Å². The molecule has 1 aliphatic heterocycles. The van der Waals surface area contributed by atoms with Crippen LogP contribution in [0.1, 0.15) is 29.5 Å². The van der Waals surface area contributed by atoms with Crippen molar-refractivity contribution in [3.8, 4) is 0 Å². The van der Waals surface area contributed by atoms with E-state index in [1.165, 1.54) is 10.5 Å². The van der Waals surface area contributed by atoms with Crippen LogP contribution in [0.2, 0.25) is 0 Å². The van der Waals surface area contributed by atoms with E-state index in [4.69, 9.17) is 9.52 Å². The van der Waals surface area contributed by atoms with Crippen LogP contribution in [0.3, 0.4) is 0 Å². The monoisotopic (exact) mass is 275 g/mol. The summed E-state index contributed by atoms with van der Waals surface area (Å²) in [4.78, 5) is 1.38. The van der Waals surface area contributed by atoms with E-state index in [9.17, 15) is 0 Å². The Morgan fingerprint density at radius 2 is 2.05 bits per heavy atom. The van der Waals surface area contributed by atoms with Crippen LogP contribution in [0.15, 0.2) is 45.7 Å². The fourth-order valence-electron chi connectivity index (χ4n) is 2.38. The normalized spacial score (nSPS) is 18.3. The van der Waals surface area contributed by atoms with Crippen LogP contribution in [0.25, 0.3) is 0 Å². The first-order valence-electron chi connectivity index (χ1n) is 6.50. The van der Waals surface area contributed by atoms with Crippen LogP contribution >= 0.6 is 11.8 Å². The average Bonchev–Trinajstić information content (AvgIpc) is 2.93. The average molecular weight is 275 g/mol. The van der Waals surface area contributed by atoms with Crippen LogP contribution in [-0.2, 0) is 13.2 Å². The Morgan fingerprint density at radius 3 is 2.89 bits per heavy atom. The molecule has 1 atom stereocenters. The summed E-state index contributed by atoms with van der Waals surface area (Å²) in [5, 5.41) is 12.5. The first kappa shape index (κ1) is 12.8. The summed E-state index contributed by atoms with van der Waals surface area (Å²) in [7, 11) is 0. The van der Waals surface area contributed by atoms with E-state index in [1.54, 1.807) is 0 Å². The topological polar surface area (TPSA) is 45.4 Å². The van der Waals surface area contributed by atoms with E-state index in [2.05, 4.69) is 29.6 Å². The largest absolute Gasteiger partial charge is 0.462 e. The molecule has 1 aliphatic rings. The van der Waals surface area contributed by atoms with Gasteiger partial charge in [-0.2, -0.15) is 0 Å². The van der Waals surface area contributed by atoms with Gasteiger partial charge in [0.1, 0.15) is 18.1 Å². The molecule has 0 bridgehead atoms. The molecule has 3 rings (SSSR count). The minimum atomic E-state index is -0.0388. The molecule has 0 saturated heterocycles. The fourth-order valence-corrected chi connectivity index (χ4v) is 3.51. The molecule has 19 heavy (non-hydrogen) atoms. The zero-order chi connectivity index (χ0) is 13.1. The molecule has 1 aromatic heterocycles. The van der Waals surface area contributed by atoms with Crippen molar-refractivity contribution in [2.24, 2.45) is 0 Å². The van der Waals surface area contributed by atoms with E-state index in [-0.39, 0.29) is 6.61 Å². The van der Waals surface area contributed by atoms with Crippen molar-refractivity contribution in [1.82, 2.24) is 5.32 Å². The maximum atomic E-state index is 8.98. The number of nitrogens with one attached hydrogen (secondary N) is 1. The van der Waals surface area contributed by atoms with Crippen molar-refractivity contribution in [3.05, 3.63) is 53.5 Å². The highest BCUT2D eigenvalue weighted by molar-refractivity contribution is 7.99. The summed E-state index contributed by atoms with van der Waals surface area (Å²) in [6.07, 6.45) is 1.13. The van der Waals surface area contributed by atoms with Gasteiger partial charge in [0.2, 0.25) is 0 Å². The zero-order valence-electron chi connectivity index (χ0n) is 10.6. The third-order valence-electron chi connectivity index (χ3n) is 3.35. The summed E-state index contributed by atoms with van der Waals surface area (Å²) in [5.41, 5.74) is 1.38. The third kappa shape index (κ3) is 2.86. The van der Waals surface area contributed by atoms with Gasteiger partial charge in [-0.05, 0) is 35.9 Å². The molecule has 2 N–H and O–H groups in total. The number of hydrogen-bond donors (Lipinski definition) is 2. The maximum Gasteiger partial charge on any atom is 0.129 e. The van der Waals surface area contributed by atoms with Crippen LogP contribution in [0.5, 0.6) is 0 Å². The van der Waals surface area contributed by atoms with Crippen molar-refractivity contribution < 1.29 is 9.52 Å². The lowest BCUT2D eigenvalue weighted by atomic mass is 10.0. The predicted molar refractivity (Wildman–Crippen MR) is 76.0 cm³/mol. The highest BCUT2D eigenvalue weighted by Gasteiger charge is 2.19. The number of fused-ring (bicyclic) bond motifs is 1. The van der Waals surface area contributed by atoms with Gasteiger partial charge in [-0.15, -0.1) is 11.8 Å². The van der Waals surface area contributed by atoms with Crippen LogP contribution in [0, 0.1) is 0 Å². The Morgan fingerprint density at radius 1 is 1.21 bits per heavy atom. The van der Waals surface area contributed by atoms with Crippen LogP contribution < -0.4 is 5.32 Å². The van der Waals surface area contributed by atoms with Crippen LogP contribution in [0.4, 0.5) is 0 Å². The molecule has 0 fully saturated rings. The van der Waals surface area contributed by atoms with Crippen molar-refractivity contribution in [2.75, 3.05) is 5.75 Å². The summed E-state index contributed by atoms with van der Waals surface area (Å²) in [5.74, 6) is 2.64. The van der Waals surface area contributed by atoms with Gasteiger partial charge < -0.3 is 14.8 Å². The van der Waals surface area contributed by atoms with Gasteiger partial charge in [0.05, 0.1) is 6.54 Å². The summed E-state index contributed by atoms with van der Waals surface area (Å²) < 4.78 is 5.49. The second kappa shape index (κ2) is 5.82. The molecule has 2 aromatic rings. The van der Waals surface area contributed by atoms with Gasteiger partial charge in [0.15, 0.2) is 0 Å². The quantitative estimate of drug-likeness (QED) is 0.900. The number of furan rings is 1. The minimum absolute atomic E-state index is 0.0388. The molecule has 0 amide bonds. The van der Waals surface area contributed by atoms with E-state index in [1.807, 2.05) is 23.9 Å². The van der Waals surface area contributed by atoms with E-state index < -0.39 is 0 Å². The highest BCUT2D eigenvalue weighted by Crippen LogP contribution is 2.35. The molecule has 2 heterocycles. The smallest absolute Gasteiger partial charge is 0.129 e.